The Morgan fingerprint density at radius 1 is 1.48 bits per heavy atom. The summed E-state index contributed by atoms with van der Waals surface area (Å²) in [5.74, 6) is -0.110. The molecule has 7 nitrogen and oxygen atoms in total. The number of benzene rings is 1. The molecule has 1 fully saturated rings. The van der Waals surface area contributed by atoms with Gasteiger partial charge >= 0.3 is 0 Å². The summed E-state index contributed by atoms with van der Waals surface area (Å²) in [7, 11) is 1.63. The van der Waals surface area contributed by atoms with Crippen molar-refractivity contribution in [3.05, 3.63) is 53.3 Å². The van der Waals surface area contributed by atoms with E-state index in [2.05, 4.69) is 11.2 Å². The zero-order chi connectivity index (χ0) is 17.6. The number of nitrogens with zero attached hydrogens (tertiary/aromatic N) is 4. The highest BCUT2D eigenvalue weighted by atomic mass is 16.5. The largest absolute Gasteiger partial charge is 0.383 e. The lowest BCUT2D eigenvalue weighted by atomic mass is 10.0. The van der Waals surface area contributed by atoms with Crippen molar-refractivity contribution in [2.24, 2.45) is 0 Å². The van der Waals surface area contributed by atoms with E-state index in [1.54, 1.807) is 41.1 Å². The van der Waals surface area contributed by atoms with E-state index in [9.17, 15) is 4.79 Å². The quantitative estimate of drug-likeness (QED) is 0.826. The summed E-state index contributed by atoms with van der Waals surface area (Å²) < 4.78 is 12.5. The number of hydrogen-bond acceptors (Lipinski definition) is 5. The average Bonchev–Trinajstić information content (AvgIpc) is 3.15. The van der Waals surface area contributed by atoms with Gasteiger partial charge in [0, 0.05) is 19.9 Å². The zero-order valence-electron chi connectivity index (χ0n) is 14.1. The molecule has 0 saturated carbocycles. The molecule has 25 heavy (non-hydrogen) atoms. The Hall–Kier alpha value is -2.69. The van der Waals surface area contributed by atoms with Gasteiger partial charge in [-0.3, -0.25) is 9.48 Å². The molecule has 3 rings (SSSR count). The molecule has 0 spiro atoms. The van der Waals surface area contributed by atoms with Crippen LogP contribution >= 0.6 is 0 Å². The second kappa shape index (κ2) is 7.92. The first-order valence-corrected chi connectivity index (χ1v) is 8.14. The molecule has 0 unspecified atom stereocenters. The summed E-state index contributed by atoms with van der Waals surface area (Å²) in [4.78, 5) is 14.4. The van der Waals surface area contributed by atoms with Crippen LogP contribution in [0.2, 0.25) is 0 Å². The van der Waals surface area contributed by atoms with Gasteiger partial charge in [-0.1, -0.05) is 12.1 Å². The molecule has 2 heterocycles. The molecule has 0 radical (unpaired) electrons. The van der Waals surface area contributed by atoms with Gasteiger partial charge in [-0.15, -0.1) is 0 Å². The first kappa shape index (κ1) is 17.1. The van der Waals surface area contributed by atoms with Gasteiger partial charge in [0.1, 0.15) is 11.8 Å². The standard InChI is InChI=1S/C18H20N4O3/c1-24-9-8-22-6-5-16(20-22)18(23)21-7-10-25-17(13-21)15-4-2-3-14(11-15)12-19/h2-6,11,17H,7-10,13H2,1H3/t17-/m0/s1. The predicted octanol–water partition coefficient (Wildman–Crippen LogP) is 1.61. The van der Waals surface area contributed by atoms with Gasteiger partial charge in [-0.05, 0) is 23.8 Å². The molecule has 1 atom stereocenters. The van der Waals surface area contributed by atoms with Crippen LogP contribution in [-0.2, 0) is 16.0 Å². The second-order valence-corrected chi connectivity index (χ2v) is 5.80. The van der Waals surface area contributed by atoms with Crippen LogP contribution in [0.4, 0.5) is 0 Å². The summed E-state index contributed by atoms with van der Waals surface area (Å²) >= 11 is 0. The third-order valence-electron chi connectivity index (χ3n) is 4.13. The topological polar surface area (TPSA) is 80.4 Å². The molecule has 7 heteroatoms. The fourth-order valence-corrected chi connectivity index (χ4v) is 2.79. The van der Waals surface area contributed by atoms with Gasteiger partial charge in [0.05, 0.1) is 37.9 Å². The van der Waals surface area contributed by atoms with Crippen molar-refractivity contribution >= 4 is 5.91 Å². The third-order valence-corrected chi connectivity index (χ3v) is 4.13. The van der Waals surface area contributed by atoms with Gasteiger partial charge in [0.15, 0.2) is 0 Å². The highest BCUT2D eigenvalue weighted by Gasteiger charge is 2.27. The molecule has 1 amide bonds. The normalized spacial score (nSPS) is 17.3. The Morgan fingerprint density at radius 3 is 3.16 bits per heavy atom. The first-order chi connectivity index (χ1) is 12.2. The number of ether oxygens (including phenoxy) is 2. The molecule has 1 aliphatic heterocycles. The molecule has 0 aliphatic carbocycles. The highest BCUT2D eigenvalue weighted by Crippen LogP contribution is 2.23. The minimum Gasteiger partial charge on any atom is -0.383 e. The molecule has 1 aromatic heterocycles. The van der Waals surface area contributed by atoms with Crippen molar-refractivity contribution in [2.45, 2.75) is 12.6 Å². The molecule has 0 N–H and O–H groups in total. The predicted molar refractivity (Wildman–Crippen MR) is 89.9 cm³/mol. The van der Waals surface area contributed by atoms with Gasteiger partial charge in [-0.2, -0.15) is 10.4 Å². The average molecular weight is 340 g/mol. The molecule has 2 aromatic rings. The Labute approximate surface area is 146 Å². The summed E-state index contributed by atoms with van der Waals surface area (Å²) in [5.41, 5.74) is 1.91. The van der Waals surface area contributed by atoms with Gasteiger partial charge < -0.3 is 14.4 Å². The fourth-order valence-electron chi connectivity index (χ4n) is 2.79. The van der Waals surface area contributed by atoms with Crippen LogP contribution in [0, 0.1) is 11.3 Å². The van der Waals surface area contributed by atoms with Crippen molar-refractivity contribution in [3.63, 3.8) is 0 Å². The van der Waals surface area contributed by atoms with E-state index in [-0.39, 0.29) is 12.0 Å². The Morgan fingerprint density at radius 2 is 2.36 bits per heavy atom. The van der Waals surface area contributed by atoms with E-state index in [0.717, 1.165) is 5.56 Å². The lowest BCUT2D eigenvalue weighted by Gasteiger charge is -2.32. The Balaban J connectivity index is 1.69. The summed E-state index contributed by atoms with van der Waals surface area (Å²) in [6.07, 6.45) is 1.54. The van der Waals surface area contributed by atoms with Crippen LogP contribution in [0.15, 0.2) is 36.5 Å². The number of morpholine rings is 1. The van der Waals surface area contributed by atoms with E-state index in [1.165, 1.54) is 0 Å². The Kier molecular flexibility index (Phi) is 5.43. The van der Waals surface area contributed by atoms with Crippen LogP contribution in [0.3, 0.4) is 0 Å². The van der Waals surface area contributed by atoms with Crippen molar-refractivity contribution in [2.75, 3.05) is 33.4 Å². The number of methoxy groups -OCH3 is 1. The molecule has 1 saturated heterocycles. The van der Waals surface area contributed by atoms with Crippen LogP contribution in [0.25, 0.3) is 0 Å². The van der Waals surface area contributed by atoms with E-state index >= 15 is 0 Å². The fraction of sp³-hybridized carbons (Fsp3) is 0.389. The number of carbonyl (C=O) groups excluding carboxylic acids is 1. The van der Waals surface area contributed by atoms with Crippen molar-refractivity contribution in [1.82, 2.24) is 14.7 Å². The number of hydrogen-bond donors (Lipinski definition) is 0. The van der Waals surface area contributed by atoms with Crippen LogP contribution in [0.5, 0.6) is 0 Å². The summed E-state index contributed by atoms with van der Waals surface area (Å²) in [6, 6.07) is 11.1. The summed E-state index contributed by atoms with van der Waals surface area (Å²) in [5, 5.41) is 13.3. The number of amides is 1. The maximum absolute atomic E-state index is 12.7. The Bertz CT molecular complexity index is 781. The minimum absolute atomic E-state index is 0.110. The molecular formula is C18H20N4O3. The van der Waals surface area contributed by atoms with Crippen molar-refractivity contribution in [1.29, 1.82) is 5.26 Å². The van der Waals surface area contributed by atoms with Gasteiger partial charge in [0.25, 0.3) is 5.91 Å². The van der Waals surface area contributed by atoms with Crippen LogP contribution in [0.1, 0.15) is 27.7 Å². The van der Waals surface area contributed by atoms with E-state index in [1.807, 2.05) is 12.1 Å². The SMILES string of the molecule is COCCn1ccc(C(=O)N2CCO[C@H](c3cccc(C#N)c3)C2)n1. The zero-order valence-corrected chi connectivity index (χ0v) is 14.1. The highest BCUT2D eigenvalue weighted by molar-refractivity contribution is 5.92. The second-order valence-electron chi connectivity index (χ2n) is 5.80. The smallest absolute Gasteiger partial charge is 0.274 e. The van der Waals surface area contributed by atoms with Crippen LogP contribution < -0.4 is 0 Å². The number of rotatable bonds is 5. The molecular weight excluding hydrogens is 320 g/mol. The number of nitriles is 1. The lowest BCUT2D eigenvalue weighted by Crippen LogP contribution is -2.42. The van der Waals surface area contributed by atoms with Crippen LogP contribution in [-0.4, -0.2) is 54.0 Å². The molecule has 0 bridgehead atoms. The molecule has 1 aliphatic rings. The number of aromatic nitrogens is 2. The maximum atomic E-state index is 12.7. The van der Waals surface area contributed by atoms with E-state index in [4.69, 9.17) is 14.7 Å². The van der Waals surface area contributed by atoms with Crippen molar-refractivity contribution in [3.8, 4) is 6.07 Å². The summed E-state index contributed by atoms with van der Waals surface area (Å²) in [6.45, 7) is 2.58. The van der Waals surface area contributed by atoms with Gasteiger partial charge in [-0.25, -0.2) is 0 Å². The lowest BCUT2D eigenvalue weighted by molar-refractivity contribution is -0.0230. The third kappa shape index (κ3) is 4.05. The van der Waals surface area contributed by atoms with Gasteiger partial charge in [0.2, 0.25) is 0 Å². The maximum Gasteiger partial charge on any atom is 0.274 e. The molecule has 130 valence electrons. The monoisotopic (exact) mass is 340 g/mol. The van der Waals surface area contributed by atoms with E-state index < -0.39 is 0 Å². The van der Waals surface area contributed by atoms with Crippen molar-refractivity contribution < 1.29 is 14.3 Å². The number of carbonyl (C=O) groups is 1. The first-order valence-electron chi connectivity index (χ1n) is 8.14. The minimum atomic E-state index is -0.235. The molecule has 1 aromatic carbocycles. The van der Waals surface area contributed by atoms with E-state index in [0.29, 0.717) is 44.1 Å².